The lowest BCUT2D eigenvalue weighted by atomic mass is 10.1. The first-order valence-corrected chi connectivity index (χ1v) is 9.29. The Morgan fingerprint density at radius 1 is 1.03 bits per heavy atom. The minimum absolute atomic E-state index is 0. The van der Waals surface area contributed by atoms with E-state index in [9.17, 15) is 13.6 Å². The first-order chi connectivity index (χ1) is 13.9. The molecular formula is C21H28F2IN5O. The summed E-state index contributed by atoms with van der Waals surface area (Å²) in [5, 5.41) is 8.93. The number of likely N-dealkylation sites (N-methyl/N-ethyl adjacent to an activating group) is 1. The third-order valence-corrected chi connectivity index (χ3v) is 4.17. The van der Waals surface area contributed by atoms with Crippen LogP contribution in [-0.4, -0.2) is 51.0 Å². The molecule has 0 saturated heterocycles. The number of rotatable bonds is 8. The molecule has 164 valence electrons. The molecule has 0 bridgehead atoms. The number of carbonyl (C=O) groups excluding carboxylic acids is 1. The predicted molar refractivity (Wildman–Crippen MR) is 126 cm³/mol. The van der Waals surface area contributed by atoms with Gasteiger partial charge in [-0.3, -0.25) is 9.79 Å². The number of guanidine groups is 1. The number of carbonyl (C=O) groups is 1. The van der Waals surface area contributed by atoms with Crippen molar-refractivity contribution in [2.75, 3.05) is 34.2 Å². The van der Waals surface area contributed by atoms with Crippen molar-refractivity contribution in [1.29, 1.82) is 0 Å². The van der Waals surface area contributed by atoms with Gasteiger partial charge in [0.05, 0.1) is 0 Å². The molecule has 6 nitrogen and oxygen atoms in total. The van der Waals surface area contributed by atoms with Gasteiger partial charge in [-0.25, -0.2) is 8.78 Å². The minimum atomic E-state index is -0.494. The average molecular weight is 531 g/mol. The van der Waals surface area contributed by atoms with Crippen LogP contribution >= 0.6 is 24.0 Å². The summed E-state index contributed by atoms with van der Waals surface area (Å²) in [5.41, 5.74) is 1.68. The minimum Gasteiger partial charge on any atom is -0.352 e. The third kappa shape index (κ3) is 8.62. The Labute approximate surface area is 193 Å². The van der Waals surface area contributed by atoms with Gasteiger partial charge in [-0.15, -0.1) is 24.0 Å². The van der Waals surface area contributed by atoms with Crippen LogP contribution in [0.3, 0.4) is 0 Å². The smallest absolute Gasteiger partial charge is 0.251 e. The van der Waals surface area contributed by atoms with Gasteiger partial charge in [0, 0.05) is 44.4 Å². The Bertz CT molecular complexity index is 861. The van der Waals surface area contributed by atoms with Gasteiger partial charge >= 0.3 is 0 Å². The number of hydrogen-bond acceptors (Lipinski definition) is 3. The Morgan fingerprint density at radius 2 is 1.77 bits per heavy atom. The number of halogens is 3. The van der Waals surface area contributed by atoms with Crippen LogP contribution in [0, 0.1) is 11.6 Å². The van der Waals surface area contributed by atoms with Crippen LogP contribution in [0.5, 0.6) is 0 Å². The summed E-state index contributed by atoms with van der Waals surface area (Å²) in [7, 11) is 5.48. The highest BCUT2D eigenvalue weighted by atomic mass is 127. The predicted octanol–water partition coefficient (Wildman–Crippen LogP) is 2.74. The molecule has 2 rings (SSSR count). The van der Waals surface area contributed by atoms with Gasteiger partial charge in [-0.2, -0.15) is 0 Å². The lowest BCUT2D eigenvalue weighted by molar-refractivity contribution is 0.0951. The molecule has 3 N–H and O–H groups in total. The number of benzene rings is 2. The summed E-state index contributed by atoms with van der Waals surface area (Å²) >= 11 is 0. The van der Waals surface area contributed by atoms with Crippen molar-refractivity contribution < 1.29 is 13.6 Å². The molecule has 0 spiro atoms. The summed E-state index contributed by atoms with van der Waals surface area (Å²) in [5.74, 6) is -0.665. The number of aliphatic imine (C=N–C) groups is 1. The van der Waals surface area contributed by atoms with Gasteiger partial charge < -0.3 is 20.9 Å². The molecule has 0 fully saturated rings. The van der Waals surface area contributed by atoms with Crippen LogP contribution < -0.4 is 16.0 Å². The largest absolute Gasteiger partial charge is 0.352 e. The Morgan fingerprint density at radius 3 is 2.47 bits per heavy atom. The Balaban J connectivity index is 0.00000450. The average Bonchev–Trinajstić information content (AvgIpc) is 2.70. The quantitative estimate of drug-likeness (QED) is 0.279. The normalized spacial score (nSPS) is 11.1. The maximum Gasteiger partial charge on any atom is 0.251 e. The second-order valence-corrected chi connectivity index (χ2v) is 6.77. The van der Waals surface area contributed by atoms with Crippen molar-refractivity contribution in [1.82, 2.24) is 20.9 Å². The fourth-order valence-corrected chi connectivity index (χ4v) is 2.58. The number of nitrogens with zero attached hydrogens (tertiary/aromatic N) is 2. The van der Waals surface area contributed by atoms with Crippen LogP contribution in [0.25, 0.3) is 0 Å². The fraction of sp³-hybridized carbons (Fsp3) is 0.333. The van der Waals surface area contributed by atoms with Gasteiger partial charge in [0.25, 0.3) is 5.91 Å². The van der Waals surface area contributed by atoms with E-state index in [2.05, 4.69) is 20.9 Å². The Hall–Kier alpha value is -2.27. The molecule has 2 aromatic rings. The van der Waals surface area contributed by atoms with Crippen LogP contribution in [0.2, 0.25) is 0 Å². The van der Waals surface area contributed by atoms with Crippen molar-refractivity contribution in [2.24, 2.45) is 4.99 Å². The number of nitrogens with one attached hydrogen (secondary N) is 3. The van der Waals surface area contributed by atoms with Crippen LogP contribution in [0.4, 0.5) is 8.78 Å². The molecule has 0 atom stereocenters. The van der Waals surface area contributed by atoms with Crippen molar-refractivity contribution in [2.45, 2.75) is 13.1 Å². The molecule has 0 aliphatic rings. The maximum absolute atomic E-state index is 13.7. The van der Waals surface area contributed by atoms with Gasteiger partial charge in [0.15, 0.2) is 5.96 Å². The molecule has 0 aliphatic heterocycles. The second kappa shape index (κ2) is 13.1. The lowest BCUT2D eigenvalue weighted by Crippen LogP contribution is -2.36. The van der Waals surface area contributed by atoms with E-state index >= 15 is 0 Å². The number of amides is 1. The van der Waals surface area contributed by atoms with Crippen molar-refractivity contribution in [3.05, 3.63) is 70.8 Å². The van der Waals surface area contributed by atoms with E-state index < -0.39 is 11.6 Å². The van der Waals surface area contributed by atoms with E-state index in [0.717, 1.165) is 30.3 Å². The number of hydrogen-bond donors (Lipinski definition) is 3. The molecule has 0 heterocycles. The molecule has 1 amide bonds. The lowest BCUT2D eigenvalue weighted by Gasteiger charge is -2.13. The van der Waals surface area contributed by atoms with E-state index in [1.807, 2.05) is 31.1 Å². The molecule has 0 radical (unpaired) electrons. The molecule has 30 heavy (non-hydrogen) atoms. The molecule has 0 aliphatic carbocycles. The summed E-state index contributed by atoms with van der Waals surface area (Å²) < 4.78 is 27.0. The van der Waals surface area contributed by atoms with Crippen molar-refractivity contribution >= 4 is 35.8 Å². The van der Waals surface area contributed by atoms with E-state index in [1.165, 1.54) is 0 Å². The monoisotopic (exact) mass is 531 g/mol. The van der Waals surface area contributed by atoms with Gasteiger partial charge in [0.1, 0.15) is 11.6 Å². The zero-order valence-electron chi connectivity index (χ0n) is 17.3. The molecule has 0 aromatic heterocycles. The van der Waals surface area contributed by atoms with Crippen LogP contribution in [0.15, 0.2) is 47.5 Å². The molecular weight excluding hydrogens is 503 g/mol. The Kier molecular flexibility index (Phi) is 11.3. The molecule has 0 unspecified atom stereocenters. The van der Waals surface area contributed by atoms with E-state index in [-0.39, 0.29) is 42.0 Å². The summed E-state index contributed by atoms with van der Waals surface area (Å²) in [6.45, 7) is 1.85. The first-order valence-electron chi connectivity index (χ1n) is 9.29. The van der Waals surface area contributed by atoms with E-state index in [0.29, 0.717) is 24.6 Å². The molecule has 2 aromatic carbocycles. The van der Waals surface area contributed by atoms with Crippen molar-refractivity contribution in [3.63, 3.8) is 0 Å². The van der Waals surface area contributed by atoms with Crippen molar-refractivity contribution in [3.8, 4) is 0 Å². The highest BCUT2D eigenvalue weighted by Crippen LogP contribution is 2.09. The fourth-order valence-electron chi connectivity index (χ4n) is 2.58. The second-order valence-electron chi connectivity index (χ2n) is 6.77. The summed E-state index contributed by atoms with van der Waals surface area (Å²) in [6.07, 6.45) is 0. The maximum atomic E-state index is 13.7. The highest BCUT2D eigenvalue weighted by Gasteiger charge is 2.08. The van der Waals surface area contributed by atoms with Crippen LogP contribution in [-0.2, 0) is 13.1 Å². The SMILES string of the molecule is CN=C(NCc1cccc(C(=O)NCCN(C)C)c1)NCc1cc(F)ccc1F.I. The highest BCUT2D eigenvalue weighted by molar-refractivity contribution is 14.0. The standard InChI is InChI=1S/C21H27F2N5O.HI/c1-24-21(27-14-17-12-18(22)7-8-19(17)23)26-13-15-5-4-6-16(11-15)20(29)25-9-10-28(2)3;/h4-8,11-12H,9-10,13-14H2,1-3H3,(H,25,29)(H2,24,26,27);1H. The zero-order valence-corrected chi connectivity index (χ0v) is 19.7. The molecule has 9 heteroatoms. The third-order valence-electron chi connectivity index (χ3n) is 4.17. The first kappa shape index (κ1) is 25.8. The van der Waals surface area contributed by atoms with Crippen LogP contribution in [0.1, 0.15) is 21.5 Å². The zero-order chi connectivity index (χ0) is 21.2. The van der Waals surface area contributed by atoms with E-state index in [1.54, 1.807) is 19.2 Å². The summed E-state index contributed by atoms with van der Waals surface area (Å²) in [6, 6.07) is 10.6. The topological polar surface area (TPSA) is 68.8 Å². The summed E-state index contributed by atoms with van der Waals surface area (Å²) in [4.78, 5) is 18.3. The van der Waals surface area contributed by atoms with Gasteiger partial charge in [-0.1, -0.05) is 12.1 Å². The van der Waals surface area contributed by atoms with E-state index in [4.69, 9.17) is 0 Å². The van der Waals surface area contributed by atoms with Gasteiger partial charge in [-0.05, 0) is 50.0 Å². The van der Waals surface area contributed by atoms with Gasteiger partial charge in [0.2, 0.25) is 0 Å². The molecule has 0 saturated carbocycles.